The highest BCUT2D eigenvalue weighted by Crippen LogP contribution is 2.13. The van der Waals surface area contributed by atoms with Gasteiger partial charge in [0.05, 0.1) is 17.8 Å². The lowest BCUT2D eigenvalue weighted by Crippen LogP contribution is -2.49. The molecule has 1 aromatic carbocycles. The quantitative estimate of drug-likeness (QED) is 0.803. The molecule has 1 saturated heterocycles. The van der Waals surface area contributed by atoms with Crippen LogP contribution in [0, 0.1) is 0 Å². The number of benzene rings is 1. The van der Waals surface area contributed by atoms with Crippen LogP contribution in [0.3, 0.4) is 0 Å². The SMILES string of the molecule is C[C@@H]1CN(C(=O)COC(=O)c2cccc(Cl)c2)C[C@H](C)O1. The van der Waals surface area contributed by atoms with Crippen molar-refractivity contribution in [3.05, 3.63) is 34.9 Å². The van der Waals surface area contributed by atoms with E-state index in [1.54, 1.807) is 23.1 Å². The van der Waals surface area contributed by atoms with E-state index < -0.39 is 5.97 Å². The van der Waals surface area contributed by atoms with Crippen molar-refractivity contribution >= 4 is 23.5 Å². The molecule has 0 unspecified atom stereocenters. The second-order valence-electron chi connectivity index (χ2n) is 5.14. The first kappa shape index (κ1) is 15.8. The summed E-state index contributed by atoms with van der Waals surface area (Å²) in [6, 6.07) is 6.43. The van der Waals surface area contributed by atoms with Gasteiger partial charge in [0.25, 0.3) is 5.91 Å². The lowest BCUT2D eigenvalue weighted by molar-refractivity contribution is -0.146. The fourth-order valence-electron chi connectivity index (χ4n) is 2.30. The molecule has 1 aliphatic rings. The van der Waals surface area contributed by atoms with Crippen LogP contribution in [0.25, 0.3) is 0 Å². The molecule has 2 rings (SSSR count). The molecular weight excluding hydrogens is 294 g/mol. The van der Waals surface area contributed by atoms with Crippen LogP contribution in [0.4, 0.5) is 0 Å². The van der Waals surface area contributed by atoms with Gasteiger partial charge in [-0.25, -0.2) is 4.79 Å². The van der Waals surface area contributed by atoms with Gasteiger partial charge >= 0.3 is 5.97 Å². The number of esters is 1. The van der Waals surface area contributed by atoms with Gasteiger partial charge in [0.1, 0.15) is 0 Å². The normalized spacial score (nSPS) is 22.0. The van der Waals surface area contributed by atoms with Crippen molar-refractivity contribution in [2.75, 3.05) is 19.7 Å². The Morgan fingerprint density at radius 1 is 1.33 bits per heavy atom. The molecule has 1 aromatic rings. The molecular formula is C15H18ClNO4. The third-order valence-electron chi connectivity index (χ3n) is 3.16. The molecule has 0 saturated carbocycles. The molecule has 0 aromatic heterocycles. The summed E-state index contributed by atoms with van der Waals surface area (Å²) in [6.45, 7) is 4.57. The van der Waals surface area contributed by atoms with Crippen LogP contribution >= 0.6 is 11.6 Å². The van der Waals surface area contributed by atoms with Crippen LogP contribution in [0.15, 0.2) is 24.3 Å². The molecule has 1 amide bonds. The highest BCUT2D eigenvalue weighted by Gasteiger charge is 2.26. The van der Waals surface area contributed by atoms with Gasteiger partial charge in [-0.05, 0) is 32.0 Å². The Hall–Kier alpha value is -1.59. The highest BCUT2D eigenvalue weighted by atomic mass is 35.5. The van der Waals surface area contributed by atoms with E-state index in [1.807, 2.05) is 13.8 Å². The first-order chi connectivity index (χ1) is 9.95. The Bertz CT molecular complexity index is 524. The first-order valence-corrected chi connectivity index (χ1v) is 7.19. The molecule has 114 valence electrons. The molecule has 6 heteroatoms. The maximum absolute atomic E-state index is 12.1. The van der Waals surface area contributed by atoms with Crippen molar-refractivity contribution < 1.29 is 19.1 Å². The minimum atomic E-state index is -0.555. The van der Waals surface area contributed by atoms with Crippen LogP contribution in [0.2, 0.25) is 5.02 Å². The second kappa shape index (κ2) is 6.91. The number of ether oxygens (including phenoxy) is 2. The Kier molecular flexibility index (Phi) is 5.20. The fraction of sp³-hybridized carbons (Fsp3) is 0.467. The number of nitrogens with zero attached hydrogens (tertiary/aromatic N) is 1. The monoisotopic (exact) mass is 311 g/mol. The van der Waals surface area contributed by atoms with Gasteiger partial charge in [-0.1, -0.05) is 17.7 Å². The van der Waals surface area contributed by atoms with Crippen molar-refractivity contribution in [2.45, 2.75) is 26.1 Å². The van der Waals surface area contributed by atoms with Gasteiger partial charge in [-0.3, -0.25) is 4.79 Å². The summed E-state index contributed by atoms with van der Waals surface area (Å²) in [5.74, 6) is -0.771. The molecule has 5 nitrogen and oxygen atoms in total. The smallest absolute Gasteiger partial charge is 0.338 e. The number of carbonyl (C=O) groups is 2. The van der Waals surface area contributed by atoms with E-state index in [0.29, 0.717) is 23.7 Å². The fourth-order valence-corrected chi connectivity index (χ4v) is 2.49. The zero-order valence-corrected chi connectivity index (χ0v) is 12.8. The minimum Gasteiger partial charge on any atom is -0.452 e. The Morgan fingerprint density at radius 3 is 2.62 bits per heavy atom. The maximum atomic E-state index is 12.1. The van der Waals surface area contributed by atoms with Crippen LogP contribution in [-0.2, 0) is 14.3 Å². The number of amides is 1. The number of halogens is 1. The third kappa shape index (κ3) is 4.44. The van der Waals surface area contributed by atoms with Crippen molar-refractivity contribution in [2.24, 2.45) is 0 Å². The number of morpholine rings is 1. The molecule has 0 bridgehead atoms. The number of carbonyl (C=O) groups excluding carboxylic acids is 2. The average molecular weight is 312 g/mol. The van der Waals surface area contributed by atoms with Crippen LogP contribution in [0.5, 0.6) is 0 Å². The summed E-state index contributed by atoms with van der Waals surface area (Å²) < 4.78 is 10.6. The molecule has 0 spiro atoms. The summed E-state index contributed by atoms with van der Waals surface area (Å²) in [5, 5.41) is 0.451. The highest BCUT2D eigenvalue weighted by molar-refractivity contribution is 6.30. The van der Waals surface area contributed by atoms with E-state index in [0.717, 1.165) is 0 Å². The van der Waals surface area contributed by atoms with Crippen LogP contribution < -0.4 is 0 Å². The summed E-state index contributed by atoms with van der Waals surface area (Å²) in [7, 11) is 0. The molecule has 21 heavy (non-hydrogen) atoms. The number of hydrogen-bond donors (Lipinski definition) is 0. The summed E-state index contributed by atoms with van der Waals surface area (Å²) in [5.41, 5.74) is 0.332. The van der Waals surface area contributed by atoms with Gasteiger partial charge in [0.15, 0.2) is 6.61 Å². The molecule has 0 aliphatic carbocycles. The standard InChI is InChI=1S/C15H18ClNO4/c1-10-7-17(8-11(2)21-10)14(18)9-20-15(19)12-4-3-5-13(16)6-12/h3-6,10-11H,7-9H2,1-2H3/t10-,11+. The minimum absolute atomic E-state index is 0.0127. The number of rotatable bonds is 3. The Labute approximate surface area is 128 Å². The van der Waals surface area contributed by atoms with E-state index >= 15 is 0 Å². The third-order valence-corrected chi connectivity index (χ3v) is 3.39. The van der Waals surface area contributed by atoms with Crippen LogP contribution in [-0.4, -0.2) is 48.7 Å². The molecule has 1 heterocycles. The summed E-state index contributed by atoms with van der Waals surface area (Å²) in [6.07, 6.45) is -0.0253. The van der Waals surface area contributed by atoms with Gasteiger partial charge in [-0.15, -0.1) is 0 Å². The van der Waals surface area contributed by atoms with Crippen molar-refractivity contribution in [1.29, 1.82) is 0 Å². The predicted octanol–water partition coefficient (Wildman–Crippen LogP) is 2.13. The van der Waals surface area contributed by atoms with Crippen molar-refractivity contribution in [3.8, 4) is 0 Å². The topological polar surface area (TPSA) is 55.8 Å². The van der Waals surface area contributed by atoms with E-state index in [4.69, 9.17) is 21.1 Å². The second-order valence-corrected chi connectivity index (χ2v) is 5.58. The Morgan fingerprint density at radius 2 is 2.00 bits per heavy atom. The predicted molar refractivity (Wildman–Crippen MR) is 78.3 cm³/mol. The van der Waals surface area contributed by atoms with Gasteiger partial charge in [0, 0.05) is 18.1 Å². The lowest BCUT2D eigenvalue weighted by atomic mass is 10.2. The first-order valence-electron chi connectivity index (χ1n) is 6.81. The molecule has 0 radical (unpaired) electrons. The van der Waals surface area contributed by atoms with E-state index in [1.165, 1.54) is 6.07 Å². The van der Waals surface area contributed by atoms with E-state index in [9.17, 15) is 9.59 Å². The average Bonchev–Trinajstić information content (AvgIpc) is 2.43. The van der Waals surface area contributed by atoms with E-state index in [2.05, 4.69) is 0 Å². The molecule has 2 atom stereocenters. The lowest BCUT2D eigenvalue weighted by Gasteiger charge is -2.35. The largest absolute Gasteiger partial charge is 0.452 e. The molecule has 1 aliphatic heterocycles. The summed E-state index contributed by atoms with van der Waals surface area (Å²) >= 11 is 5.81. The maximum Gasteiger partial charge on any atom is 0.338 e. The van der Waals surface area contributed by atoms with Crippen molar-refractivity contribution in [1.82, 2.24) is 4.90 Å². The van der Waals surface area contributed by atoms with Gasteiger partial charge in [0.2, 0.25) is 0 Å². The van der Waals surface area contributed by atoms with Crippen molar-refractivity contribution in [3.63, 3.8) is 0 Å². The number of hydrogen-bond acceptors (Lipinski definition) is 4. The molecule has 0 N–H and O–H groups in total. The summed E-state index contributed by atoms with van der Waals surface area (Å²) in [4.78, 5) is 25.6. The zero-order chi connectivity index (χ0) is 15.4. The zero-order valence-electron chi connectivity index (χ0n) is 12.0. The van der Waals surface area contributed by atoms with E-state index in [-0.39, 0.29) is 24.7 Å². The Balaban J connectivity index is 1.87. The molecule has 1 fully saturated rings. The van der Waals surface area contributed by atoms with Gasteiger partial charge in [-0.2, -0.15) is 0 Å². The van der Waals surface area contributed by atoms with Gasteiger partial charge < -0.3 is 14.4 Å². The van der Waals surface area contributed by atoms with Crippen LogP contribution in [0.1, 0.15) is 24.2 Å².